The summed E-state index contributed by atoms with van der Waals surface area (Å²) >= 11 is 5.61. The fourth-order valence-electron chi connectivity index (χ4n) is 0.609. The van der Waals surface area contributed by atoms with Crippen molar-refractivity contribution < 1.29 is 0 Å². The quantitative estimate of drug-likeness (QED) is 0.425. The summed E-state index contributed by atoms with van der Waals surface area (Å²) in [6.45, 7) is 0. The number of rotatable bonds is 3. The number of thiol groups is 1. The third-order valence-corrected chi connectivity index (χ3v) is 2.68. The summed E-state index contributed by atoms with van der Waals surface area (Å²) in [6.07, 6.45) is 1.76. The minimum Gasteiger partial charge on any atom is -0.318 e. The summed E-state index contributed by atoms with van der Waals surface area (Å²) in [5, 5.41) is 0.988. The highest BCUT2D eigenvalue weighted by atomic mass is 32.2. The van der Waals surface area contributed by atoms with Crippen LogP contribution in [-0.2, 0) is 0 Å². The number of aromatic nitrogens is 1. The number of nitrogens with two attached hydrogens (primary N) is 1. The first-order valence-corrected chi connectivity index (χ1v) is 4.78. The van der Waals surface area contributed by atoms with Crippen molar-refractivity contribution in [3.63, 3.8) is 0 Å². The Labute approximate surface area is 76.0 Å². The van der Waals surface area contributed by atoms with Crippen LogP contribution >= 0.6 is 24.4 Å². The summed E-state index contributed by atoms with van der Waals surface area (Å²) in [5.74, 6) is 0.668. The lowest BCUT2D eigenvalue weighted by Crippen LogP contribution is -2.16. The second-order valence-electron chi connectivity index (χ2n) is 2.01. The SMILES string of the molecule is N[C@H](CS)Sc1ccccn1. The maximum Gasteiger partial charge on any atom is 0.0975 e. The minimum absolute atomic E-state index is 0.0354. The van der Waals surface area contributed by atoms with Crippen LogP contribution in [0.3, 0.4) is 0 Å². The molecular formula is C7H10N2S2. The Morgan fingerprint density at radius 2 is 2.45 bits per heavy atom. The summed E-state index contributed by atoms with van der Waals surface area (Å²) in [7, 11) is 0. The van der Waals surface area contributed by atoms with Crippen molar-refractivity contribution in [3.05, 3.63) is 24.4 Å². The number of hydrogen-bond acceptors (Lipinski definition) is 4. The Balaban J connectivity index is 2.51. The fourth-order valence-corrected chi connectivity index (χ4v) is 1.50. The Hall–Kier alpha value is -0.190. The van der Waals surface area contributed by atoms with Crippen molar-refractivity contribution in [3.8, 4) is 0 Å². The summed E-state index contributed by atoms with van der Waals surface area (Å²) < 4.78 is 0. The molecule has 0 amide bonds. The van der Waals surface area contributed by atoms with Gasteiger partial charge in [0.2, 0.25) is 0 Å². The molecule has 60 valence electrons. The lowest BCUT2D eigenvalue weighted by atomic mass is 10.5. The molecule has 1 atom stereocenters. The summed E-state index contributed by atoms with van der Waals surface area (Å²) in [6, 6.07) is 5.77. The molecule has 0 saturated carbocycles. The number of hydrogen-bond donors (Lipinski definition) is 2. The monoisotopic (exact) mass is 186 g/mol. The molecule has 2 N–H and O–H groups in total. The van der Waals surface area contributed by atoms with E-state index in [0.29, 0.717) is 5.75 Å². The molecule has 0 spiro atoms. The fraction of sp³-hybridized carbons (Fsp3) is 0.286. The second-order valence-corrected chi connectivity index (χ2v) is 3.63. The van der Waals surface area contributed by atoms with Gasteiger partial charge in [-0.05, 0) is 12.1 Å². The first-order chi connectivity index (χ1) is 5.33. The second kappa shape index (κ2) is 4.64. The van der Waals surface area contributed by atoms with Gasteiger partial charge in [-0.1, -0.05) is 17.8 Å². The van der Waals surface area contributed by atoms with Gasteiger partial charge in [0.05, 0.1) is 10.4 Å². The van der Waals surface area contributed by atoms with Gasteiger partial charge in [0.1, 0.15) is 0 Å². The van der Waals surface area contributed by atoms with E-state index in [4.69, 9.17) is 5.73 Å². The highest BCUT2D eigenvalue weighted by Gasteiger charge is 2.01. The third-order valence-electron chi connectivity index (χ3n) is 1.09. The van der Waals surface area contributed by atoms with Crippen LogP contribution in [0.2, 0.25) is 0 Å². The summed E-state index contributed by atoms with van der Waals surface area (Å²) in [5.41, 5.74) is 5.65. The van der Waals surface area contributed by atoms with Crippen molar-refractivity contribution in [1.82, 2.24) is 4.98 Å². The van der Waals surface area contributed by atoms with E-state index in [1.807, 2.05) is 18.2 Å². The van der Waals surface area contributed by atoms with E-state index >= 15 is 0 Å². The highest BCUT2D eigenvalue weighted by molar-refractivity contribution is 8.00. The van der Waals surface area contributed by atoms with Gasteiger partial charge in [-0.15, -0.1) is 0 Å². The van der Waals surface area contributed by atoms with Gasteiger partial charge in [-0.3, -0.25) is 0 Å². The van der Waals surface area contributed by atoms with E-state index in [1.54, 1.807) is 6.20 Å². The van der Waals surface area contributed by atoms with Crippen molar-refractivity contribution in [2.24, 2.45) is 5.73 Å². The van der Waals surface area contributed by atoms with Gasteiger partial charge in [-0.25, -0.2) is 4.98 Å². The van der Waals surface area contributed by atoms with Crippen LogP contribution in [0.5, 0.6) is 0 Å². The van der Waals surface area contributed by atoms with Gasteiger partial charge in [0, 0.05) is 11.9 Å². The standard InChI is InChI=1S/C7H10N2S2/c8-6(5-10)11-7-3-1-2-4-9-7/h1-4,6,10H,5,8H2/t6-/m0/s1. The summed E-state index contributed by atoms with van der Waals surface area (Å²) in [4.78, 5) is 4.12. The molecule has 0 fully saturated rings. The molecule has 0 aromatic carbocycles. The zero-order valence-electron chi connectivity index (χ0n) is 5.97. The highest BCUT2D eigenvalue weighted by Crippen LogP contribution is 2.17. The van der Waals surface area contributed by atoms with E-state index in [2.05, 4.69) is 17.6 Å². The zero-order chi connectivity index (χ0) is 8.10. The molecule has 1 rings (SSSR count). The minimum atomic E-state index is 0.0354. The molecule has 0 bridgehead atoms. The zero-order valence-corrected chi connectivity index (χ0v) is 7.68. The van der Waals surface area contributed by atoms with Gasteiger partial charge in [-0.2, -0.15) is 12.6 Å². The van der Waals surface area contributed by atoms with Crippen LogP contribution in [0.1, 0.15) is 0 Å². The Morgan fingerprint density at radius 3 is 3.00 bits per heavy atom. The van der Waals surface area contributed by atoms with E-state index in [0.717, 1.165) is 5.03 Å². The largest absolute Gasteiger partial charge is 0.318 e. The average Bonchev–Trinajstić information content (AvgIpc) is 2.06. The van der Waals surface area contributed by atoms with E-state index < -0.39 is 0 Å². The molecular weight excluding hydrogens is 176 g/mol. The normalized spacial score (nSPS) is 12.9. The molecule has 11 heavy (non-hydrogen) atoms. The van der Waals surface area contributed by atoms with Gasteiger partial charge >= 0.3 is 0 Å². The van der Waals surface area contributed by atoms with E-state index in [-0.39, 0.29) is 5.37 Å². The molecule has 2 nitrogen and oxygen atoms in total. The molecule has 0 saturated heterocycles. The van der Waals surface area contributed by atoms with Crippen LogP contribution in [0.25, 0.3) is 0 Å². The van der Waals surface area contributed by atoms with E-state index in [9.17, 15) is 0 Å². The first kappa shape index (κ1) is 8.90. The lowest BCUT2D eigenvalue weighted by molar-refractivity contribution is 1.04. The predicted octanol–water partition coefficient (Wildman–Crippen LogP) is 1.39. The van der Waals surface area contributed by atoms with Gasteiger partial charge in [0.25, 0.3) is 0 Å². The Kier molecular flexibility index (Phi) is 3.76. The molecule has 1 aromatic heterocycles. The molecule has 0 aliphatic heterocycles. The molecule has 0 radical (unpaired) electrons. The van der Waals surface area contributed by atoms with Crippen molar-refractivity contribution in [1.29, 1.82) is 0 Å². The molecule has 4 heteroatoms. The Bertz CT molecular complexity index is 203. The average molecular weight is 186 g/mol. The smallest absolute Gasteiger partial charge is 0.0975 e. The van der Waals surface area contributed by atoms with E-state index in [1.165, 1.54) is 11.8 Å². The van der Waals surface area contributed by atoms with Crippen LogP contribution < -0.4 is 5.73 Å². The number of thioether (sulfide) groups is 1. The lowest BCUT2D eigenvalue weighted by Gasteiger charge is -2.05. The van der Waals surface area contributed by atoms with Crippen LogP contribution in [0, 0.1) is 0 Å². The predicted molar refractivity (Wildman–Crippen MR) is 51.9 cm³/mol. The van der Waals surface area contributed by atoms with Crippen molar-refractivity contribution in [2.75, 3.05) is 5.75 Å². The maximum atomic E-state index is 5.65. The van der Waals surface area contributed by atoms with Crippen LogP contribution in [-0.4, -0.2) is 16.1 Å². The van der Waals surface area contributed by atoms with Crippen LogP contribution in [0.15, 0.2) is 29.4 Å². The van der Waals surface area contributed by atoms with Crippen molar-refractivity contribution in [2.45, 2.75) is 10.4 Å². The van der Waals surface area contributed by atoms with Crippen molar-refractivity contribution >= 4 is 24.4 Å². The van der Waals surface area contributed by atoms with Gasteiger partial charge < -0.3 is 5.73 Å². The first-order valence-electron chi connectivity index (χ1n) is 3.27. The molecule has 0 aliphatic carbocycles. The molecule has 0 unspecified atom stereocenters. The molecule has 1 aromatic rings. The number of pyridine rings is 1. The molecule has 0 aliphatic rings. The third kappa shape index (κ3) is 3.14. The number of nitrogens with zero attached hydrogens (tertiary/aromatic N) is 1. The molecule has 1 heterocycles. The van der Waals surface area contributed by atoms with Gasteiger partial charge in [0.15, 0.2) is 0 Å². The topological polar surface area (TPSA) is 38.9 Å². The Morgan fingerprint density at radius 1 is 1.64 bits per heavy atom. The maximum absolute atomic E-state index is 5.65. The van der Waals surface area contributed by atoms with Crippen LogP contribution in [0.4, 0.5) is 0 Å².